The van der Waals surface area contributed by atoms with Gasteiger partial charge in [0, 0.05) is 38.2 Å². The van der Waals surface area contributed by atoms with Crippen LogP contribution in [0.1, 0.15) is 58.9 Å². The Morgan fingerprint density at radius 1 is 1.13 bits per heavy atom. The molecule has 1 atom stereocenters. The van der Waals surface area contributed by atoms with Crippen molar-refractivity contribution in [3.8, 4) is 0 Å². The first-order valence-corrected chi connectivity index (χ1v) is 12.4. The lowest BCUT2D eigenvalue weighted by Gasteiger charge is -2.36. The van der Waals surface area contributed by atoms with Gasteiger partial charge in [-0.25, -0.2) is 8.42 Å². The fourth-order valence-electron chi connectivity index (χ4n) is 4.68. The number of nitrogens with zero attached hydrogens (tertiary/aromatic N) is 5. The molecular weight excluding hydrogens is 406 g/mol. The maximum Gasteiger partial charge on any atom is 0.276 e. The van der Waals surface area contributed by atoms with Crippen molar-refractivity contribution in [2.24, 2.45) is 0 Å². The van der Waals surface area contributed by atoms with Crippen molar-refractivity contribution in [2.75, 3.05) is 42.6 Å². The molecule has 30 heavy (non-hydrogen) atoms. The van der Waals surface area contributed by atoms with Crippen LogP contribution < -0.4 is 4.90 Å². The van der Waals surface area contributed by atoms with Gasteiger partial charge in [-0.05, 0) is 33.1 Å². The van der Waals surface area contributed by atoms with Crippen molar-refractivity contribution < 1.29 is 17.7 Å². The number of sulfone groups is 1. The summed E-state index contributed by atoms with van der Waals surface area (Å²) in [4.78, 5) is 16.9. The van der Waals surface area contributed by atoms with Crippen molar-refractivity contribution in [3.05, 3.63) is 28.9 Å². The SMILES string of the molecule is Cc1nn([C@@H]2CCS(=O)(=O)C2)c(C)c1N1CCN(C(=O)c2cc(C3CC3)on2)CC1. The van der Waals surface area contributed by atoms with Crippen LogP contribution in [-0.4, -0.2) is 71.8 Å². The molecule has 2 aliphatic heterocycles. The first-order chi connectivity index (χ1) is 14.3. The fraction of sp³-hybridized carbons (Fsp3) is 0.650. The minimum atomic E-state index is -2.96. The Kier molecular flexibility index (Phi) is 4.64. The standard InChI is InChI=1S/C20H27N5O4S/c1-13-19(14(2)25(21-13)16-5-10-30(27,28)12-16)23-6-8-24(9-7-23)20(26)17-11-18(29-22-17)15-3-4-15/h11,15-16H,3-10,12H2,1-2H3/t16-/m1/s1. The lowest BCUT2D eigenvalue weighted by Crippen LogP contribution is -2.49. The molecule has 1 aliphatic carbocycles. The van der Waals surface area contributed by atoms with E-state index in [1.54, 1.807) is 6.07 Å². The number of carbonyl (C=O) groups is 1. The molecule has 0 spiro atoms. The third-order valence-electron chi connectivity index (χ3n) is 6.45. The molecule has 1 amide bonds. The van der Waals surface area contributed by atoms with Crippen molar-refractivity contribution in [1.29, 1.82) is 0 Å². The summed E-state index contributed by atoms with van der Waals surface area (Å²) in [6.45, 7) is 6.59. The topological polar surface area (TPSA) is 102 Å². The molecule has 10 heteroatoms. The number of carbonyl (C=O) groups excluding carboxylic acids is 1. The Balaban J connectivity index is 1.27. The van der Waals surface area contributed by atoms with Gasteiger partial charge in [0.25, 0.3) is 5.91 Å². The van der Waals surface area contributed by atoms with E-state index in [2.05, 4.69) is 15.2 Å². The smallest absolute Gasteiger partial charge is 0.276 e. The molecule has 2 saturated heterocycles. The van der Waals surface area contributed by atoms with Gasteiger partial charge >= 0.3 is 0 Å². The highest BCUT2D eigenvalue weighted by molar-refractivity contribution is 7.91. The second kappa shape index (κ2) is 7.11. The summed E-state index contributed by atoms with van der Waals surface area (Å²) >= 11 is 0. The van der Waals surface area contributed by atoms with Gasteiger partial charge in [-0.15, -0.1) is 0 Å². The Hall–Kier alpha value is -2.36. The summed E-state index contributed by atoms with van der Waals surface area (Å²) in [5, 5.41) is 8.64. The quantitative estimate of drug-likeness (QED) is 0.723. The summed E-state index contributed by atoms with van der Waals surface area (Å²) in [6, 6.07) is 1.71. The van der Waals surface area contributed by atoms with Crippen LogP contribution in [0.15, 0.2) is 10.6 Å². The molecule has 5 rings (SSSR count). The minimum absolute atomic E-state index is 0.0781. The zero-order valence-corrected chi connectivity index (χ0v) is 18.2. The van der Waals surface area contributed by atoms with Crippen LogP contribution >= 0.6 is 0 Å². The summed E-state index contributed by atoms with van der Waals surface area (Å²) in [6.07, 6.45) is 2.84. The van der Waals surface area contributed by atoms with Crippen LogP contribution in [0.4, 0.5) is 5.69 Å². The van der Waals surface area contributed by atoms with Gasteiger partial charge in [-0.3, -0.25) is 9.48 Å². The van der Waals surface area contributed by atoms with Gasteiger partial charge < -0.3 is 14.3 Å². The number of aromatic nitrogens is 3. The van der Waals surface area contributed by atoms with Gasteiger partial charge in [0.1, 0.15) is 5.76 Å². The maximum absolute atomic E-state index is 12.8. The van der Waals surface area contributed by atoms with E-state index in [1.165, 1.54) is 0 Å². The lowest BCUT2D eigenvalue weighted by molar-refractivity contribution is 0.0736. The second-order valence-electron chi connectivity index (χ2n) is 8.69. The number of piperazine rings is 1. The molecule has 0 radical (unpaired) electrons. The van der Waals surface area contributed by atoms with Crippen molar-refractivity contribution >= 4 is 21.4 Å². The van der Waals surface area contributed by atoms with E-state index < -0.39 is 9.84 Å². The lowest BCUT2D eigenvalue weighted by atomic mass is 10.2. The van der Waals surface area contributed by atoms with Crippen LogP contribution in [0, 0.1) is 13.8 Å². The first kappa shape index (κ1) is 19.6. The van der Waals surface area contributed by atoms with Gasteiger partial charge in [0.15, 0.2) is 15.5 Å². The van der Waals surface area contributed by atoms with Crippen LogP contribution in [-0.2, 0) is 9.84 Å². The Labute approximate surface area is 175 Å². The van der Waals surface area contributed by atoms with E-state index >= 15 is 0 Å². The largest absolute Gasteiger partial charge is 0.365 e. The molecule has 0 N–H and O–H groups in total. The Morgan fingerprint density at radius 3 is 2.50 bits per heavy atom. The number of anilines is 1. The van der Waals surface area contributed by atoms with E-state index in [4.69, 9.17) is 4.52 Å². The minimum Gasteiger partial charge on any atom is -0.365 e. The van der Waals surface area contributed by atoms with E-state index in [0.717, 1.165) is 35.7 Å². The molecule has 4 heterocycles. The highest BCUT2D eigenvalue weighted by Crippen LogP contribution is 2.40. The predicted molar refractivity (Wildman–Crippen MR) is 111 cm³/mol. The molecule has 2 aromatic rings. The zero-order valence-electron chi connectivity index (χ0n) is 17.4. The molecule has 9 nitrogen and oxygen atoms in total. The highest BCUT2D eigenvalue weighted by atomic mass is 32.2. The van der Waals surface area contributed by atoms with Crippen LogP contribution in [0.5, 0.6) is 0 Å². The maximum atomic E-state index is 12.8. The van der Waals surface area contributed by atoms with E-state index in [0.29, 0.717) is 44.2 Å². The molecular formula is C20H27N5O4S. The zero-order chi connectivity index (χ0) is 21.0. The fourth-order valence-corrected chi connectivity index (χ4v) is 6.37. The van der Waals surface area contributed by atoms with Crippen molar-refractivity contribution in [3.63, 3.8) is 0 Å². The third kappa shape index (κ3) is 3.51. The molecule has 162 valence electrons. The summed E-state index contributed by atoms with van der Waals surface area (Å²) in [5.41, 5.74) is 3.36. The van der Waals surface area contributed by atoms with Crippen LogP contribution in [0.3, 0.4) is 0 Å². The molecule has 2 aromatic heterocycles. The number of aryl methyl sites for hydroxylation is 1. The first-order valence-electron chi connectivity index (χ1n) is 10.6. The molecule has 3 fully saturated rings. The van der Waals surface area contributed by atoms with Crippen LogP contribution in [0.25, 0.3) is 0 Å². The molecule has 1 saturated carbocycles. The number of hydrogen-bond donors (Lipinski definition) is 0. The van der Waals surface area contributed by atoms with Crippen molar-refractivity contribution in [1.82, 2.24) is 19.8 Å². The van der Waals surface area contributed by atoms with E-state index in [1.807, 2.05) is 23.4 Å². The van der Waals surface area contributed by atoms with Crippen molar-refractivity contribution in [2.45, 2.75) is 45.1 Å². The predicted octanol–water partition coefficient (Wildman–Crippen LogP) is 1.69. The Bertz CT molecular complexity index is 1080. The number of amides is 1. The second-order valence-corrected chi connectivity index (χ2v) is 10.9. The molecule has 3 aliphatic rings. The van der Waals surface area contributed by atoms with Crippen LogP contribution in [0.2, 0.25) is 0 Å². The van der Waals surface area contributed by atoms with E-state index in [-0.39, 0.29) is 23.5 Å². The Morgan fingerprint density at radius 2 is 1.87 bits per heavy atom. The van der Waals surface area contributed by atoms with Gasteiger partial charge in [-0.2, -0.15) is 5.10 Å². The normalized spacial score (nSPS) is 23.9. The summed E-state index contributed by atoms with van der Waals surface area (Å²) < 4.78 is 31.0. The summed E-state index contributed by atoms with van der Waals surface area (Å²) in [7, 11) is -2.96. The molecule has 0 bridgehead atoms. The molecule has 0 unspecified atom stereocenters. The average Bonchev–Trinajstić information content (AvgIpc) is 3.21. The highest BCUT2D eigenvalue weighted by Gasteiger charge is 2.34. The molecule has 0 aromatic carbocycles. The number of rotatable bonds is 4. The monoisotopic (exact) mass is 433 g/mol. The third-order valence-corrected chi connectivity index (χ3v) is 8.20. The van der Waals surface area contributed by atoms with E-state index in [9.17, 15) is 13.2 Å². The van der Waals surface area contributed by atoms with Gasteiger partial charge in [-0.1, -0.05) is 5.16 Å². The van der Waals surface area contributed by atoms with Gasteiger partial charge in [0.2, 0.25) is 0 Å². The average molecular weight is 434 g/mol. The number of hydrogen-bond acceptors (Lipinski definition) is 7. The van der Waals surface area contributed by atoms with Gasteiger partial charge in [0.05, 0.1) is 34.6 Å². The summed E-state index contributed by atoms with van der Waals surface area (Å²) in [5.74, 6) is 1.58.